The Morgan fingerprint density at radius 1 is 1.12 bits per heavy atom. The maximum Gasteiger partial charge on any atom is 0.309 e. The van der Waals surface area contributed by atoms with E-state index in [2.05, 4.69) is 13.8 Å². The van der Waals surface area contributed by atoms with E-state index in [1.807, 2.05) is 6.92 Å². The number of carboxylic acid groups (broad SMARTS) is 1. The fraction of sp³-hybridized carbons (Fsp3) is 0.950. The van der Waals surface area contributed by atoms with E-state index in [9.17, 15) is 20.1 Å². The van der Waals surface area contributed by atoms with Crippen LogP contribution in [-0.2, 0) is 4.79 Å². The molecule has 4 aliphatic carbocycles. The van der Waals surface area contributed by atoms with Gasteiger partial charge in [0.2, 0.25) is 0 Å². The minimum Gasteiger partial charge on any atom is -0.481 e. The van der Waals surface area contributed by atoms with E-state index >= 15 is 0 Å². The molecule has 0 amide bonds. The molecule has 0 saturated heterocycles. The van der Waals surface area contributed by atoms with E-state index in [4.69, 9.17) is 0 Å². The van der Waals surface area contributed by atoms with Crippen LogP contribution in [0.25, 0.3) is 0 Å². The first-order chi connectivity index (χ1) is 11.2. The number of rotatable bonds is 1. The third-order valence-corrected chi connectivity index (χ3v) is 9.10. The Morgan fingerprint density at radius 2 is 1.83 bits per heavy atom. The molecule has 3 N–H and O–H groups in total. The minimum atomic E-state index is -0.694. The first-order valence-electron chi connectivity index (χ1n) is 9.76. The summed E-state index contributed by atoms with van der Waals surface area (Å²) in [6.07, 6.45) is 5.42. The first-order valence-corrected chi connectivity index (χ1v) is 9.76. The van der Waals surface area contributed by atoms with E-state index in [-0.39, 0.29) is 34.7 Å². The molecule has 0 unspecified atom stereocenters. The summed E-state index contributed by atoms with van der Waals surface area (Å²) in [7, 11) is 0. The Labute approximate surface area is 144 Å². The Hall–Kier alpha value is -0.610. The number of carboxylic acids is 1. The van der Waals surface area contributed by atoms with E-state index in [0.717, 1.165) is 44.9 Å². The standard InChI is InChI=1S/C20H32O4/c1-11-12-9-13(21)15-18(2)6-4-7-19(3,17(23)24)14(18)5-8-20(15,10-12)16(11)22/h11-16,21-22H,4-10H2,1-3H3,(H,23,24)/t11-,12+,13-,14-,15-,16+,18+,19+,20+/m0/s1. The van der Waals surface area contributed by atoms with Crippen LogP contribution in [0.5, 0.6) is 0 Å². The summed E-state index contributed by atoms with van der Waals surface area (Å²) in [5.74, 6) is 0.123. The van der Waals surface area contributed by atoms with Gasteiger partial charge in [0.05, 0.1) is 17.6 Å². The van der Waals surface area contributed by atoms with Crippen molar-refractivity contribution < 1.29 is 20.1 Å². The molecule has 24 heavy (non-hydrogen) atoms. The molecule has 4 fully saturated rings. The lowest BCUT2D eigenvalue weighted by Gasteiger charge is -2.64. The molecule has 136 valence electrons. The van der Waals surface area contributed by atoms with Crippen molar-refractivity contribution in [1.29, 1.82) is 0 Å². The van der Waals surface area contributed by atoms with E-state index in [1.54, 1.807) is 0 Å². The second-order valence-corrected chi connectivity index (χ2v) is 9.96. The van der Waals surface area contributed by atoms with Gasteiger partial charge < -0.3 is 15.3 Å². The highest BCUT2D eigenvalue weighted by Gasteiger charge is 2.70. The molecule has 0 aliphatic heterocycles. The zero-order chi connectivity index (χ0) is 17.5. The van der Waals surface area contributed by atoms with Crippen LogP contribution in [0.2, 0.25) is 0 Å². The molecule has 4 aliphatic rings. The quantitative estimate of drug-likeness (QED) is 0.688. The maximum atomic E-state index is 12.1. The molecule has 4 saturated carbocycles. The van der Waals surface area contributed by atoms with Gasteiger partial charge in [-0.05, 0) is 74.5 Å². The SMILES string of the molecule is C[C@H]1[C@@H]2C[C@H](O)[C@H]3[C@]4(C)CCC[C@@](C)(C(=O)O)[C@H]4CC[C@]3(C2)[C@@H]1O. The summed E-state index contributed by atoms with van der Waals surface area (Å²) in [6, 6.07) is 0. The lowest BCUT2D eigenvalue weighted by Crippen LogP contribution is -2.63. The van der Waals surface area contributed by atoms with Crippen LogP contribution in [0.15, 0.2) is 0 Å². The third kappa shape index (κ3) is 1.79. The van der Waals surface area contributed by atoms with Crippen molar-refractivity contribution in [2.45, 2.75) is 77.9 Å². The van der Waals surface area contributed by atoms with E-state index < -0.39 is 17.5 Å². The van der Waals surface area contributed by atoms with Crippen molar-refractivity contribution in [3.8, 4) is 0 Å². The van der Waals surface area contributed by atoms with Crippen molar-refractivity contribution in [3.05, 3.63) is 0 Å². The largest absolute Gasteiger partial charge is 0.481 e. The molecule has 4 rings (SSSR count). The topological polar surface area (TPSA) is 77.8 Å². The van der Waals surface area contributed by atoms with Gasteiger partial charge in [-0.3, -0.25) is 4.79 Å². The fourth-order valence-corrected chi connectivity index (χ4v) is 8.12. The molecule has 9 atom stereocenters. The van der Waals surface area contributed by atoms with Gasteiger partial charge in [-0.1, -0.05) is 20.3 Å². The predicted molar refractivity (Wildman–Crippen MR) is 90.2 cm³/mol. The predicted octanol–water partition coefficient (Wildman–Crippen LogP) is 3.06. The molecule has 2 bridgehead atoms. The summed E-state index contributed by atoms with van der Waals surface area (Å²) in [4.78, 5) is 12.1. The first kappa shape index (κ1) is 16.8. The second-order valence-electron chi connectivity index (χ2n) is 9.96. The number of aliphatic hydroxyl groups is 2. The molecular weight excluding hydrogens is 304 g/mol. The van der Waals surface area contributed by atoms with Gasteiger partial charge >= 0.3 is 5.97 Å². The highest BCUT2D eigenvalue weighted by molar-refractivity contribution is 5.75. The van der Waals surface area contributed by atoms with Gasteiger partial charge in [0.25, 0.3) is 0 Å². The molecule has 0 aromatic carbocycles. The van der Waals surface area contributed by atoms with Crippen molar-refractivity contribution in [3.63, 3.8) is 0 Å². The molecule has 0 radical (unpaired) electrons. The van der Waals surface area contributed by atoms with Gasteiger partial charge in [0.1, 0.15) is 0 Å². The number of carbonyl (C=O) groups is 1. The summed E-state index contributed by atoms with van der Waals surface area (Å²) in [6.45, 7) is 6.28. The maximum absolute atomic E-state index is 12.1. The molecule has 0 aromatic rings. The summed E-state index contributed by atoms with van der Waals surface area (Å²) in [5.41, 5.74) is -1.07. The van der Waals surface area contributed by atoms with Crippen LogP contribution < -0.4 is 0 Å². The lowest BCUT2D eigenvalue weighted by atomic mass is 9.40. The summed E-state index contributed by atoms with van der Waals surface area (Å²) in [5, 5.41) is 32.1. The Balaban J connectivity index is 1.80. The van der Waals surface area contributed by atoms with Crippen molar-refractivity contribution in [2.24, 2.45) is 39.9 Å². The Kier molecular flexibility index (Phi) is 3.49. The van der Waals surface area contributed by atoms with Crippen LogP contribution in [0, 0.1) is 39.9 Å². The molecule has 0 aromatic heterocycles. The van der Waals surface area contributed by atoms with Crippen LogP contribution in [0.1, 0.15) is 65.7 Å². The monoisotopic (exact) mass is 336 g/mol. The van der Waals surface area contributed by atoms with Crippen LogP contribution >= 0.6 is 0 Å². The Bertz CT molecular complexity index is 562. The highest BCUT2D eigenvalue weighted by atomic mass is 16.4. The number of aliphatic carboxylic acids is 1. The van der Waals surface area contributed by atoms with Crippen LogP contribution in [0.4, 0.5) is 0 Å². The zero-order valence-electron chi connectivity index (χ0n) is 15.2. The van der Waals surface area contributed by atoms with Gasteiger partial charge in [0, 0.05) is 5.41 Å². The van der Waals surface area contributed by atoms with Gasteiger partial charge in [-0.25, -0.2) is 0 Å². The van der Waals surface area contributed by atoms with Crippen LogP contribution in [-0.4, -0.2) is 33.5 Å². The average molecular weight is 336 g/mol. The van der Waals surface area contributed by atoms with Crippen molar-refractivity contribution in [1.82, 2.24) is 0 Å². The molecule has 4 nitrogen and oxygen atoms in total. The summed E-state index contributed by atoms with van der Waals surface area (Å²) >= 11 is 0. The number of aliphatic hydroxyl groups excluding tert-OH is 2. The molecular formula is C20H32O4. The van der Waals surface area contributed by atoms with Gasteiger partial charge in [-0.2, -0.15) is 0 Å². The number of hydrogen-bond donors (Lipinski definition) is 3. The smallest absolute Gasteiger partial charge is 0.309 e. The van der Waals surface area contributed by atoms with E-state index in [1.165, 1.54) is 0 Å². The zero-order valence-corrected chi connectivity index (χ0v) is 15.2. The molecule has 1 spiro atoms. The number of fused-ring (bicyclic) bond motifs is 3. The summed E-state index contributed by atoms with van der Waals surface area (Å²) < 4.78 is 0. The lowest BCUT2D eigenvalue weighted by molar-refractivity contribution is -0.213. The highest BCUT2D eigenvalue weighted by Crippen LogP contribution is 2.72. The van der Waals surface area contributed by atoms with Crippen molar-refractivity contribution >= 4 is 5.97 Å². The normalized spacial score (nSPS) is 59.5. The van der Waals surface area contributed by atoms with Crippen LogP contribution in [0.3, 0.4) is 0 Å². The third-order valence-electron chi connectivity index (χ3n) is 9.10. The second kappa shape index (κ2) is 4.97. The average Bonchev–Trinajstić information content (AvgIpc) is 2.68. The fourth-order valence-electron chi connectivity index (χ4n) is 8.12. The molecule has 0 heterocycles. The molecule has 4 heteroatoms. The van der Waals surface area contributed by atoms with Gasteiger partial charge in [-0.15, -0.1) is 0 Å². The number of hydrogen-bond acceptors (Lipinski definition) is 3. The van der Waals surface area contributed by atoms with Crippen molar-refractivity contribution in [2.75, 3.05) is 0 Å². The van der Waals surface area contributed by atoms with E-state index in [0.29, 0.717) is 5.92 Å². The Morgan fingerprint density at radius 3 is 2.50 bits per heavy atom. The minimum absolute atomic E-state index is 0.0407. The van der Waals surface area contributed by atoms with Gasteiger partial charge in [0.15, 0.2) is 0 Å².